The first-order valence-corrected chi connectivity index (χ1v) is 9.35. The monoisotopic (exact) mass is 357 g/mol. The van der Waals surface area contributed by atoms with Crippen molar-refractivity contribution in [2.45, 2.75) is 30.4 Å². The third kappa shape index (κ3) is 3.30. The molecule has 1 aliphatic heterocycles. The first kappa shape index (κ1) is 17.2. The summed E-state index contributed by atoms with van der Waals surface area (Å²) >= 11 is 0. The highest BCUT2D eigenvalue weighted by Crippen LogP contribution is 2.30. The number of hydrogen-bond acceptors (Lipinski definition) is 4. The SMILES string of the molecule is C=CC1OC(=O)N(S(=O)(=O)c2ccc(C)cc2)[C@H]1Cc1ccccc1. The fourth-order valence-corrected chi connectivity index (χ4v) is 4.37. The molecule has 0 N–H and O–H groups in total. The molecule has 1 amide bonds. The van der Waals surface area contributed by atoms with E-state index in [2.05, 4.69) is 6.58 Å². The van der Waals surface area contributed by atoms with Crippen LogP contribution >= 0.6 is 0 Å². The molecule has 1 fully saturated rings. The van der Waals surface area contributed by atoms with Gasteiger partial charge in [0.1, 0.15) is 6.10 Å². The second-order valence-corrected chi connectivity index (χ2v) is 7.77. The van der Waals surface area contributed by atoms with Crippen LogP contribution in [0.2, 0.25) is 0 Å². The number of hydrogen-bond donors (Lipinski definition) is 0. The summed E-state index contributed by atoms with van der Waals surface area (Å²) < 4.78 is 32.1. The Morgan fingerprint density at radius 2 is 1.76 bits per heavy atom. The van der Waals surface area contributed by atoms with Crippen molar-refractivity contribution >= 4 is 16.1 Å². The van der Waals surface area contributed by atoms with Gasteiger partial charge in [0.2, 0.25) is 0 Å². The summed E-state index contributed by atoms with van der Waals surface area (Å²) in [5.74, 6) is 0. The minimum absolute atomic E-state index is 0.0674. The van der Waals surface area contributed by atoms with Gasteiger partial charge in [0.15, 0.2) is 0 Å². The molecule has 0 aliphatic carbocycles. The predicted octanol–water partition coefficient (Wildman–Crippen LogP) is 3.30. The molecule has 1 unspecified atom stereocenters. The lowest BCUT2D eigenvalue weighted by atomic mass is 10.0. The third-order valence-electron chi connectivity index (χ3n) is 4.20. The van der Waals surface area contributed by atoms with Crippen molar-refractivity contribution < 1.29 is 17.9 Å². The maximum absolute atomic E-state index is 13.0. The summed E-state index contributed by atoms with van der Waals surface area (Å²) in [5.41, 5.74) is 1.86. The number of carbonyl (C=O) groups is 1. The summed E-state index contributed by atoms with van der Waals surface area (Å²) in [6.07, 6.45) is 0.268. The first-order valence-electron chi connectivity index (χ1n) is 7.91. The van der Waals surface area contributed by atoms with Crippen molar-refractivity contribution in [1.29, 1.82) is 0 Å². The average Bonchev–Trinajstić information content (AvgIpc) is 2.92. The quantitative estimate of drug-likeness (QED) is 0.770. The normalized spacial score (nSPS) is 20.4. The van der Waals surface area contributed by atoms with Crippen molar-refractivity contribution in [1.82, 2.24) is 4.31 Å². The van der Waals surface area contributed by atoms with E-state index in [1.807, 2.05) is 37.3 Å². The van der Waals surface area contributed by atoms with E-state index >= 15 is 0 Å². The Morgan fingerprint density at radius 1 is 1.12 bits per heavy atom. The summed E-state index contributed by atoms with van der Waals surface area (Å²) in [4.78, 5) is 12.4. The van der Waals surface area contributed by atoms with Crippen LogP contribution < -0.4 is 0 Å². The Kier molecular flexibility index (Phi) is 4.63. The summed E-state index contributed by atoms with van der Waals surface area (Å²) in [5, 5.41) is 0. The number of benzene rings is 2. The van der Waals surface area contributed by atoms with Crippen LogP contribution in [0.3, 0.4) is 0 Å². The number of nitrogens with zero attached hydrogens (tertiary/aromatic N) is 1. The van der Waals surface area contributed by atoms with Crippen LogP contribution in [-0.4, -0.2) is 31.0 Å². The molecule has 0 saturated carbocycles. The highest BCUT2D eigenvalue weighted by Gasteiger charge is 2.47. The van der Waals surface area contributed by atoms with E-state index < -0.39 is 28.3 Å². The second kappa shape index (κ2) is 6.72. The molecule has 3 rings (SSSR count). The van der Waals surface area contributed by atoms with Gasteiger partial charge in [-0.05, 0) is 37.1 Å². The van der Waals surface area contributed by atoms with Crippen LogP contribution in [0, 0.1) is 6.92 Å². The van der Waals surface area contributed by atoms with Gasteiger partial charge in [0, 0.05) is 0 Å². The molecule has 0 spiro atoms. The van der Waals surface area contributed by atoms with E-state index in [0.717, 1.165) is 15.4 Å². The van der Waals surface area contributed by atoms with Gasteiger partial charge in [-0.3, -0.25) is 0 Å². The number of rotatable bonds is 5. The Bertz CT molecular complexity index is 875. The van der Waals surface area contributed by atoms with Crippen LogP contribution in [0.5, 0.6) is 0 Å². The zero-order valence-corrected chi connectivity index (χ0v) is 14.6. The van der Waals surface area contributed by atoms with E-state index in [1.54, 1.807) is 12.1 Å². The number of cyclic esters (lactones) is 1. The lowest BCUT2D eigenvalue weighted by Crippen LogP contribution is -2.42. The fourth-order valence-electron chi connectivity index (χ4n) is 2.88. The third-order valence-corrected chi connectivity index (χ3v) is 6.00. The second-order valence-electron chi connectivity index (χ2n) is 5.96. The molecular formula is C19H19NO4S. The molecule has 2 aromatic carbocycles. The highest BCUT2D eigenvalue weighted by atomic mass is 32.2. The molecule has 5 nitrogen and oxygen atoms in total. The molecule has 0 radical (unpaired) electrons. The van der Waals surface area contributed by atoms with E-state index in [1.165, 1.54) is 18.2 Å². The maximum Gasteiger partial charge on any atom is 0.424 e. The number of amides is 1. The first-order chi connectivity index (χ1) is 11.9. The Hall–Kier alpha value is -2.60. The molecule has 1 heterocycles. The molecular weight excluding hydrogens is 338 g/mol. The predicted molar refractivity (Wildman–Crippen MR) is 94.6 cm³/mol. The van der Waals surface area contributed by atoms with Crippen LogP contribution in [-0.2, 0) is 21.2 Å². The van der Waals surface area contributed by atoms with E-state index in [4.69, 9.17) is 4.74 Å². The Balaban J connectivity index is 2.00. The molecule has 130 valence electrons. The van der Waals surface area contributed by atoms with Gasteiger partial charge in [-0.1, -0.05) is 54.6 Å². The number of ether oxygens (including phenoxy) is 1. The topological polar surface area (TPSA) is 63.7 Å². The van der Waals surface area contributed by atoms with Gasteiger partial charge in [-0.2, -0.15) is 4.31 Å². The van der Waals surface area contributed by atoms with Crippen molar-refractivity contribution in [3.63, 3.8) is 0 Å². The lowest BCUT2D eigenvalue weighted by molar-refractivity contribution is 0.150. The number of sulfonamides is 1. The van der Waals surface area contributed by atoms with Crippen LogP contribution in [0.4, 0.5) is 4.79 Å². The van der Waals surface area contributed by atoms with Crippen molar-refractivity contribution in [2.24, 2.45) is 0 Å². The van der Waals surface area contributed by atoms with Gasteiger partial charge in [0.25, 0.3) is 10.0 Å². The van der Waals surface area contributed by atoms with Crippen LogP contribution in [0.1, 0.15) is 11.1 Å². The van der Waals surface area contributed by atoms with Gasteiger partial charge in [0.05, 0.1) is 10.9 Å². The van der Waals surface area contributed by atoms with Crippen LogP contribution in [0.25, 0.3) is 0 Å². The number of carbonyl (C=O) groups excluding carboxylic acids is 1. The largest absolute Gasteiger partial charge is 0.439 e. The molecule has 2 atom stereocenters. The standard InChI is InChI=1S/C19H19NO4S/c1-3-18-17(13-15-7-5-4-6-8-15)20(19(21)24-18)25(22,23)16-11-9-14(2)10-12-16/h3-12,17-18H,1,13H2,2H3/t17-,18?/m0/s1. The van der Waals surface area contributed by atoms with E-state index in [0.29, 0.717) is 6.42 Å². The summed E-state index contributed by atoms with van der Waals surface area (Å²) in [7, 11) is -4.01. The van der Waals surface area contributed by atoms with Gasteiger partial charge >= 0.3 is 6.09 Å². The zero-order valence-electron chi connectivity index (χ0n) is 13.8. The molecule has 0 bridgehead atoms. The van der Waals surface area contributed by atoms with Gasteiger partial charge < -0.3 is 4.74 Å². The molecule has 25 heavy (non-hydrogen) atoms. The van der Waals surface area contributed by atoms with Crippen molar-refractivity contribution in [3.05, 3.63) is 78.4 Å². The number of aryl methyl sites for hydroxylation is 1. The van der Waals surface area contributed by atoms with Crippen molar-refractivity contribution in [3.8, 4) is 0 Å². The van der Waals surface area contributed by atoms with E-state index in [-0.39, 0.29) is 4.90 Å². The average molecular weight is 357 g/mol. The van der Waals surface area contributed by atoms with Gasteiger partial charge in [-0.25, -0.2) is 13.2 Å². The minimum atomic E-state index is -4.01. The van der Waals surface area contributed by atoms with Gasteiger partial charge in [-0.15, -0.1) is 0 Å². The summed E-state index contributed by atoms with van der Waals surface area (Å²) in [6.45, 7) is 5.54. The smallest absolute Gasteiger partial charge is 0.424 e. The molecule has 6 heteroatoms. The zero-order chi connectivity index (χ0) is 18.0. The minimum Gasteiger partial charge on any atom is -0.439 e. The van der Waals surface area contributed by atoms with Crippen LogP contribution in [0.15, 0.2) is 72.1 Å². The maximum atomic E-state index is 13.0. The Morgan fingerprint density at radius 3 is 2.36 bits per heavy atom. The molecule has 0 aromatic heterocycles. The Labute approximate surface area is 147 Å². The van der Waals surface area contributed by atoms with E-state index in [9.17, 15) is 13.2 Å². The lowest BCUT2D eigenvalue weighted by Gasteiger charge is -2.23. The highest BCUT2D eigenvalue weighted by molar-refractivity contribution is 7.89. The summed E-state index contributed by atoms with van der Waals surface area (Å²) in [6, 6.07) is 15.1. The molecule has 2 aromatic rings. The molecule has 1 aliphatic rings. The fraction of sp³-hybridized carbons (Fsp3) is 0.211. The van der Waals surface area contributed by atoms with Crippen molar-refractivity contribution in [2.75, 3.05) is 0 Å². The molecule has 1 saturated heterocycles.